The van der Waals surface area contributed by atoms with E-state index in [9.17, 15) is 0 Å². The minimum atomic E-state index is 0.161. The van der Waals surface area contributed by atoms with Gasteiger partial charge in [-0.25, -0.2) is 0 Å². The van der Waals surface area contributed by atoms with Crippen molar-refractivity contribution >= 4 is 11.0 Å². The van der Waals surface area contributed by atoms with Gasteiger partial charge in [-0.1, -0.05) is 78.7 Å². The maximum Gasteiger partial charge on any atom is 0.203 e. The number of nitrogens with one attached hydrogen (secondary N) is 1. The van der Waals surface area contributed by atoms with E-state index < -0.39 is 0 Å². The molecule has 0 saturated heterocycles. The second kappa shape index (κ2) is 8.12. The minimum Gasteiger partial charge on any atom is -0.310 e. The van der Waals surface area contributed by atoms with Gasteiger partial charge in [0.15, 0.2) is 0 Å². The summed E-state index contributed by atoms with van der Waals surface area (Å²) in [5.74, 6) is 0. The fourth-order valence-electron chi connectivity index (χ4n) is 4.15. The molecule has 1 N–H and O–H groups in total. The van der Waals surface area contributed by atoms with Gasteiger partial charge in [0.05, 0.1) is 17.1 Å². The van der Waals surface area contributed by atoms with Crippen LogP contribution in [0.15, 0.2) is 72.8 Å². The molecular formula is C26H29N3. The molecule has 29 heavy (non-hydrogen) atoms. The van der Waals surface area contributed by atoms with Crippen LogP contribution in [-0.2, 0) is 13.0 Å². The van der Waals surface area contributed by atoms with E-state index in [1.165, 1.54) is 22.3 Å². The Hall–Kier alpha value is -3.07. The van der Waals surface area contributed by atoms with E-state index in [2.05, 4.69) is 103 Å². The molecular weight excluding hydrogens is 354 g/mol. The monoisotopic (exact) mass is 383 g/mol. The summed E-state index contributed by atoms with van der Waals surface area (Å²) in [4.78, 5) is 0. The molecule has 4 aromatic rings. The van der Waals surface area contributed by atoms with Gasteiger partial charge < -0.3 is 9.13 Å². The Labute approximate surface area is 172 Å². The number of hydrogen-bond donors (Lipinski definition) is 1. The van der Waals surface area contributed by atoms with Gasteiger partial charge in [-0.3, -0.25) is 5.41 Å². The zero-order valence-electron chi connectivity index (χ0n) is 17.5. The number of nitrogens with zero attached hydrogens (tertiary/aromatic N) is 2. The van der Waals surface area contributed by atoms with Crippen LogP contribution < -0.4 is 5.62 Å². The summed E-state index contributed by atoms with van der Waals surface area (Å²) in [5, 5.41) is 9.03. The van der Waals surface area contributed by atoms with Gasteiger partial charge in [-0.2, -0.15) is 0 Å². The van der Waals surface area contributed by atoms with Gasteiger partial charge in [-0.15, -0.1) is 0 Å². The van der Waals surface area contributed by atoms with Crippen molar-refractivity contribution in [2.24, 2.45) is 0 Å². The summed E-state index contributed by atoms with van der Waals surface area (Å²) in [5.41, 5.74) is 7.96. The van der Waals surface area contributed by atoms with Crippen LogP contribution in [0.5, 0.6) is 0 Å². The number of hydrogen-bond acceptors (Lipinski definition) is 1. The fourth-order valence-corrected chi connectivity index (χ4v) is 4.15. The molecule has 4 rings (SSSR count). The predicted octanol–water partition coefficient (Wildman–Crippen LogP) is 5.78. The maximum absolute atomic E-state index is 9.03. The van der Waals surface area contributed by atoms with E-state index in [0.717, 1.165) is 30.4 Å². The van der Waals surface area contributed by atoms with Crippen molar-refractivity contribution in [3.8, 4) is 0 Å². The first-order valence-electron chi connectivity index (χ1n) is 10.4. The van der Waals surface area contributed by atoms with Crippen LogP contribution in [0.1, 0.15) is 41.6 Å². The normalized spacial score (nSPS) is 12.4. The van der Waals surface area contributed by atoms with Crippen LogP contribution in [0, 0.1) is 19.3 Å². The lowest BCUT2D eigenvalue weighted by atomic mass is 10.0. The van der Waals surface area contributed by atoms with E-state index in [1.807, 2.05) is 0 Å². The smallest absolute Gasteiger partial charge is 0.203 e. The maximum atomic E-state index is 9.03. The molecule has 0 aliphatic carbocycles. The topological polar surface area (TPSA) is 33.7 Å². The van der Waals surface area contributed by atoms with Crippen LogP contribution >= 0.6 is 0 Å². The molecule has 0 radical (unpaired) electrons. The lowest BCUT2D eigenvalue weighted by Crippen LogP contribution is -2.28. The number of aryl methyl sites for hydroxylation is 4. The lowest BCUT2D eigenvalue weighted by Gasteiger charge is -2.19. The molecule has 148 valence electrons. The van der Waals surface area contributed by atoms with Crippen molar-refractivity contribution in [2.45, 2.75) is 46.2 Å². The van der Waals surface area contributed by atoms with Crippen LogP contribution in [0.4, 0.5) is 0 Å². The second-order valence-electron chi connectivity index (χ2n) is 7.90. The number of benzene rings is 3. The van der Waals surface area contributed by atoms with Crippen molar-refractivity contribution in [1.29, 1.82) is 5.41 Å². The zero-order chi connectivity index (χ0) is 20.4. The Morgan fingerprint density at radius 1 is 0.793 bits per heavy atom. The molecule has 0 saturated carbocycles. The van der Waals surface area contributed by atoms with Gasteiger partial charge in [0.1, 0.15) is 0 Å². The van der Waals surface area contributed by atoms with E-state index in [0.29, 0.717) is 5.62 Å². The molecule has 1 heterocycles. The second-order valence-corrected chi connectivity index (χ2v) is 7.90. The fraction of sp³-hybridized carbons (Fsp3) is 0.269. The average molecular weight is 384 g/mol. The van der Waals surface area contributed by atoms with E-state index in [4.69, 9.17) is 5.41 Å². The van der Waals surface area contributed by atoms with Crippen LogP contribution in [0.2, 0.25) is 0 Å². The molecule has 0 fully saturated rings. The van der Waals surface area contributed by atoms with Crippen LogP contribution in [0.3, 0.4) is 0 Å². The van der Waals surface area contributed by atoms with Gasteiger partial charge >= 0.3 is 0 Å². The third-order valence-electron chi connectivity index (χ3n) is 5.82. The van der Waals surface area contributed by atoms with Crippen LogP contribution in [-0.4, -0.2) is 9.13 Å². The quantitative estimate of drug-likeness (QED) is 0.438. The first kappa shape index (κ1) is 19.3. The molecule has 0 aliphatic rings. The number of imidazole rings is 1. The van der Waals surface area contributed by atoms with Crippen molar-refractivity contribution in [2.75, 3.05) is 0 Å². The third-order valence-corrected chi connectivity index (χ3v) is 5.82. The summed E-state index contributed by atoms with van der Waals surface area (Å²) in [6, 6.07) is 26.0. The highest BCUT2D eigenvalue weighted by Crippen LogP contribution is 2.26. The Kier molecular flexibility index (Phi) is 5.39. The zero-order valence-corrected chi connectivity index (χ0v) is 17.5. The SMILES string of the molecule is CCC(c1ccc(C)cc1)n1c(=N)n(CCc2ccc(C)cc2)c2ccccc21. The van der Waals surface area contributed by atoms with Crippen molar-refractivity contribution in [1.82, 2.24) is 9.13 Å². The number of para-hydroxylation sites is 2. The molecule has 3 nitrogen and oxygen atoms in total. The van der Waals surface area contributed by atoms with Gasteiger partial charge in [0, 0.05) is 6.54 Å². The Bertz CT molecular complexity index is 1160. The van der Waals surface area contributed by atoms with Crippen LogP contribution in [0.25, 0.3) is 11.0 Å². The first-order chi connectivity index (χ1) is 14.1. The molecule has 1 aromatic heterocycles. The van der Waals surface area contributed by atoms with Crippen molar-refractivity contribution in [3.05, 3.63) is 101 Å². The van der Waals surface area contributed by atoms with Gasteiger partial charge in [-0.05, 0) is 49.9 Å². The first-order valence-corrected chi connectivity index (χ1v) is 10.4. The minimum absolute atomic E-state index is 0.161. The van der Waals surface area contributed by atoms with Crippen molar-refractivity contribution in [3.63, 3.8) is 0 Å². The average Bonchev–Trinajstić information content (AvgIpc) is 3.01. The summed E-state index contributed by atoms with van der Waals surface area (Å²) in [7, 11) is 0. The highest BCUT2D eigenvalue weighted by molar-refractivity contribution is 5.76. The summed E-state index contributed by atoms with van der Waals surface area (Å²) in [6.45, 7) is 7.24. The lowest BCUT2D eigenvalue weighted by molar-refractivity contribution is 0.524. The highest BCUT2D eigenvalue weighted by atomic mass is 15.2. The molecule has 0 bridgehead atoms. The van der Waals surface area contributed by atoms with Gasteiger partial charge in [0.2, 0.25) is 5.62 Å². The summed E-state index contributed by atoms with van der Waals surface area (Å²) < 4.78 is 4.36. The molecule has 0 spiro atoms. The molecule has 1 atom stereocenters. The summed E-state index contributed by atoms with van der Waals surface area (Å²) in [6.07, 6.45) is 1.87. The van der Waals surface area contributed by atoms with Crippen molar-refractivity contribution < 1.29 is 0 Å². The van der Waals surface area contributed by atoms with E-state index in [-0.39, 0.29) is 6.04 Å². The standard InChI is InChI=1S/C26H29N3/c1-4-23(22-15-11-20(3)12-16-22)29-25-8-6-5-7-24(25)28(26(29)27)18-17-21-13-9-19(2)10-14-21/h5-16,23,27H,4,17-18H2,1-3H3. The summed E-state index contributed by atoms with van der Waals surface area (Å²) >= 11 is 0. The number of fused-ring (bicyclic) bond motifs is 1. The highest BCUT2D eigenvalue weighted by Gasteiger charge is 2.18. The molecule has 0 amide bonds. The Morgan fingerprint density at radius 3 is 2.00 bits per heavy atom. The molecule has 3 heteroatoms. The molecule has 1 unspecified atom stereocenters. The molecule has 3 aromatic carbocycles. The van der Waals surface area contributed by atoms with E-state index in [1.54, 1.807) is 0 Å². The molecule has 0 aliphatic heterocycles. The Balaban J connectivity index is 1.76. The third kappa shape index (κ3) is 3.77. The van der Waals surface area contributed by atoms with E-state index >= 15 is 0 Å². The number of aromatic nitrogens is 2. The largest absolute Gasteiger partial charge is 0.310 e. The predicted molar refractivity (Wildman–Crippen MR) is 120 cm³/mol. The Morgan fingerprint density at radius 2 is 1.38 bits per heavy atom. The number of rotatable bonds is 6. The van der Waals surface area contributed by atoms with Gasteiger partial charge in [0.25, 0.3) is 0 Å².